The Balaban J connectivity index is 2.71. The van der Waals surface area contributed by atoms with Crippen LogP contribution in [0.5, 0.6) is 0 Å². The molecule has 2 N–H and O–H groups in total. The first kappa shape index (κ1) is 11.4. The molecular formula is C10H10BrClN4. The summed E-state index contributed by atoms with van der Waals surface area (Å²) in [4.78, 5) is 4.26. The molecule has 0 bridgehead atoms. The quantitative estimate of drug-likeness (QED) is 0.526. The smallest absolute Gasteiger partial charge is 0.136 e. The SMILES string of the molecule is Cn1nc(Br)c2cccc(N=C(N)CCl)c21. The van der Waals surface area contributed by atoms with Crippen molar-refractivity contribution in [3.63, 3.8) is 0 Å². The summed E-state index contributed by atoms with van der Waals surface area (Å²) in [5.41, 5.74) is 7.34. The topological polar surface area (TPSA) is 56.2 Å². The van der Waals surface area contributed by atoms with Crippen LogP contribution in [0, 0.1) is 0 Å². The molecule has 1 aromatic carbocycles. The number of fused-ring (bicyclic) bond motifs is 1. The number of rotatable bonds is 2. The Bertz CT molecular complexity index is 561. The first-order valence-electron chi connectivity index (χ1n) is 4.63. The summed E-state index contributed by atoms with van der Waals surface area (Å²) in [6.45, 7) is 0. The molecule has 0 fully saturated rings. The number of alkyl halides is 1. The van der Waals surface area contributed by atoms with Crippen molar-refractivity contribution in [1.29, 1.82) is 0 Å². The number of nitrogens with zero attached hydrogens (tertiary/aromatic N) is 3. The molecule has 84 valence electrons. The van der Waals surface area contributed by atoms with Crippen molar-refractivity contribution < 1.29 is 0 Å². The van der Waals surface area contributed by atoms with Gasteiger partial charge in [0, 0.05) is 12.4 Å². The van der Waals surface area contributed by atoms with Crippen LogP contribution in [0.25, 0.3) is 10.9 Å². The highest BCUT2D eigenvalue weighted by molar-refractivity contribution is 9.10. The lowest BCUT2D eigenvalue weighted by Gasteiger charge is -2.00. The molecule has 0 aliphatic heterocycles. The van der Waals surface area contributed by atoms with Crippen molar-refractivity contribution in [3.8, 4) is 0 Å². The fourth-order valence-corrected chi connectivity index (χ4v) is 2.17. The second kappa shape index (κ2) is 4.43. The molecule has 1 aromatic heterocycles. The van der Waals surface area contributed by atoms with Crippen LogP contribution in [-0.2, 0) is 7.05 Å². The highest BCUT2D eigenvalue weighted by atomic mass is 79.9. The zero-order valence-corrected chi connectivity index (χ0v) is 11.0. The summed E-state index contributed by atoms with van der Waals surface area (Å²) in [5, 5.41) is 5.28. The zero-order chi connectivity index (χ0) is 11.7. The molecule has 0 atom stereocenters. The second-order valence-electron chi connectivity index (χ2n) is 3.32. The number of nitrogens with two attached hydrogens (primary N) is 1. The molecule has 16 heavy (non-hydrogen) atoms. The number of hydrogen-bond donors (Lipinski definition) is 1. The Morgan fingerprint density at radius 2 is 2.38 bits per heavy atom. The predicted molar refractivity (Wildman–Crippen MR) is 70.4 cm³/mol. The molecule has 2 rings (SSSR count). The van der Waals surface area contributed by atoms with Gasteiger partial charge in [0.05, 0.1) is 17.1 Å². The molecule has 0 radical (unpaired) electrons. The summed E-state index contributed by atoms with van der Waals surface area (Å²) >= 11 is 9.01. The average molecular weight is 302 g/mol. The first-order valence-corrected chi connectivity index (χ1v) is 5.96. The number of aryl methyl sites for hydroxylation is 1. The van der Waals surface area contributed by atoms with Crippen molar-refractivity contribution in [1.82, 2.24) is 9.78 Å². The normalized spacial score (nSPS) is 12.3. The van der Waals surface area contributed by atoms with Crippen molar-refractivity contribution in [2.75, 3.05) is 5.88 Å². The Hall–Kier alpha value is -1.07. The number of benzene rings is 1. The van der Waals surface area contributed by atoms with E-state index in [-0.39, 0.29) is 5.88 Å². The van der Waals surface area contributed by atoms with Gasteiger partial charge in [-0.05, 0) is 28.1 Å². The minimum Gasteiger partial charge on any atom is -0.386 e. The van der Waals surface area contributed by atoms with Crippen LogP contribution in [0.4, 0.5) is 5.69 Å². The van der Waals surface area contributed by atoms with Crippen LogP contribution >= 0.6 is 27.5 Å². The van der Waals surface area contributed by atoms with Crippen molar-refractivity contribution in [2.45, 2.75) is 0 Å². The third-order valence-corrected chi connectivity index (χ3v) is 3.06. The number of hydrogen-bond acceptors (Lipinski definition) is 2. The number of amidine groups is 1. The van der Waals surface area contributed by atoms with Gasteiger partial charge in [-0.15, -0.1) is 11.6 Å². The summed E-state index contributed by atoms with van der Waals surface area (Å²) < 4.78 is 2.56. The average Bonchev–Trinajstić information content (AvgIpc) is 2.56. The van der Waals surface area contributed by atoms with Crippen LogP contribution in [0.1, 0.15) is 0 Å². The van der Waals surface area contributed by atoms with Crippen LogP contribution in [0.3, 0.4) is 0 Å². The second-order valence-corrected chi connectivity index (χ2v) is 4.34. The minimum absolute atomic E-state index is 0.218. The van der Waals surface area contributed by atoms with Crippen molar-refractivity contribution >= 4 is 50.0 Å². The summed E-state index contributed by atoms with van der Waals surface area (Å²) in [7, 11) is 1.86. The number of halogens is 2. The van der Waals surface area contributed by atoms with E-state index in [1.165, 1.54) is 0 Å². The Morgan fingerprint density at radius 1 is 1.62 bits per heavy atom. The van der Waals surface area contributed by atoms with E-state index in [9.17, 15) is 0 Å². The standard InChI is InChI=1S/C10H10BrClN4/c1-16-9-6(10(11)15-16)3-2-4-7(9)14-8(13)5-12/h2-4H,5H2,1H3,(H2,13,14). The van der Waals surface area contributed by atoms with Crippen molar-refractivity contribution in [2.24, 2.45) is 17.8 Å². The predicted octanol–water partition coefficient (Wildman–Crippen LogP) is 2.56. The Labute approximate surface area is 106 Å². The minimum atomic E-state index is 0.218. The molecule has 2 aromatic rings. The van der Waals surface area contributed by atoms with Gasteiger partial charge in [0.15, 0.2) is 0 Å². The molecule has 0 aliphatic carbocycles. The zero-order valence-electron chi connectivity index (χ0n) is 8.61. The molecular weight excluding hydrogens is 291 g/mol. The highest BCUT2D eigenvalue weighted by Crippen LogP contribution is 2.30. The van der Waals surface area contributed by atoms with E-state index in [0.717, 1.165) is 21.2 Å². The van der Waals surface area contributed by atoms with Gasteiger partial charge in [-0.1, -0.05) is 6.07 Å². The Morgan fingerprint density at radius 3 is 3.06 bits per heavy atom. The van der Waals surface area contributed by atoms with E-state index in [4.69, 9.17) is 17.3 Å². The summed E-state index contributed by atoms with van der Waals surface area (Å²) in [6, 6.07) is 5.77. The number of aromatic nitrogens is 2. The summed E-state index contributed by atoms with van der Waals surface area (Å²) in [5.74, 6) is 0.613. The van der Waals surface area contributed by atoms with E-state index in [1.807, 2.05) is 25.2 Å². The van der Waals surface area contributed by atoms with Crippen LogP contribution in [-0.4, -0.2) is 21.5 Å². The molecule has 1 heterocycles. The lowest BCUT2D eigenvalue weighted by molar-refractivity contribution is 0.788. The van der Waals surface area contributed by atoms with Crippen LogP contribution in [0.15, 0.2) is 27.8 Å². The summed E-state index contributed by atoms with van der Waals surface area (Å²) in [6.07, 6.45) is 0. The largest absolute Gasteiger partial charge is 0.386 e. The van der Waals surface area contributed by atoms with E-state index < -0.39 is 0 Å². The van der Waals surface area contributed by atoms with E-state index >= 15 is 0 Å². The number of aliphatic imine (C=N–C) groups is 1. The first-order chi connectivity index (χ1) is 7.63. The molecule has 0 amide bonds. The molecule has 0 saturated heterocycles. The van der Waals surface area contributed by atoms with Gasteiger partial charge < -0.3 is 5.73 Å². The van der Waals surface area contributed by atoms with Crippen molar-refractivity contribution in [3.05, 3.63) is 22.8 Å². The molecule has 0 unspecified atom stereocenters. The monoisotopic (exact) mass is 300 g/mol. The lowest BCUT2D eigenvalue weighted by atomic mass is 10.2. The molecule has 4 nitrogen and oxygen atoms in total. The third-order valence-electron chi connectivity index (χ3n) is 2.20. The Kier molecular flexibility index (Phi) is 3.16. The number of para-hydroxylation sites is 1. The molecule has 6 heteroatoms. The van der Waals surface area contributed by atoms with Gasteiger partial charge >= 0.3 is 0 Å². The van der Waals surface area contributed by atoms with Crippen LogP contribution in [0.2, 0.25) is 0 Å². The van der Waals surface area contributed by atoms with Gasteiger partial charge in [0.25, 0.3) is 0 Å². The van der Waals surface area contributed by atoms with Gasteiger partial charge in [0.2, 0.25) is 0 Å². The maximum Gasteiger partial charge on any atom is 0.136 e. The van der Waals surface area contributed by atoms with Gasteiger partial charge in [-0.3, -0.25) is 4.68 Å². The van der Waals surface area contributed by atoms with Gasteiger partial charge in [-0.2, -0.15) is 5.10 Å². The fourth-order valence-electron chi connectivity index (χ4n) is 1.55. The van der Waals surface area contributed by atoms with E-state index in [0.29, 0.717) is 5.84 Å². The van der Waals surface area contributed by atoms with Gasteiger partial charge in [-0.25, -0.2) is 4.99 Å². The van der Waals surface area contributed by atoms with E-state index in [1.54, 1.807) is 4.68 Å². The lowest BCUT2D eigenvalue weighted by Crippen LogP contribution is -2.12. The van der Waals surface area contributed by atoms with Crippen LogP contribution < -0.4 is 5.73 Å². The fraction of sp³-hybridized carbons (Fsp3) is 0.200. The molecule has 0 spiro atoms. The van der Waals surface area contributed by atoms with E-state index in [2.05, 4.69) is 26.0 Å². The van der Waals surface area contributed by atoms with Gasteiger partial charge in [0.1, 0.15) is 10.4 Å². The molecule has 0 aliphatic rings. The highest BCUT2D eigenvalue weighted by Gasteiger charge is 2.09. The maximum atomic E-state index is 5.63. The third kappa shape index (κ3) is 1.92. The molecule has 0 saturated carbocycles. The maximum absolute atomic E-state index is 5.63.